The molecule has 0 heterocycles. The maximum absolute atomic E-state index is 11.4. The van der Waals surface area contributed by atoms with Crippen molar-refractivity contribution in [2.45, 2.75) is 5.66 Å². The average molecular weight is 248 g/mol. The van der Waals surface area contributed by atoms with Gasteiger partial charge in [0.1, 0.15) is 11.5 Å². The monoisotopic (exact) mass is 248 g/mol. The van der Waals surface area contributed by atoms with Crippen LogP contribution in [0.25, 0.3) is 0 Å². The third-order valence-electron chi connectivity index (χ3n) is 2.64. The molecule has 0 amide bonds. The molecule has 0 radical (unpaired) electrons. The first-order valence-corrected chi connectivity index (χ1v) is 6.37. The summed E-state index contributed by atoms with van der Waals surface area (Å²) in [6, 6.07) is 13.4. The second-order valence-corrected chi connectivity index (χ2v) is 4.74. The van der Waals surface area contributed by atoms with Crippen LogP contribution in [0.3, 0.4) is 0 Å². The van der Waals surface area contributed by atoms with Crippen LogP contribution < -0.4 is 0 Å². The first kappa shape index (κ1) is 11.7. The maximum Gasteiger partial charge on any atom is 0.115 e. The van der Waals surface area contributed by atoms with Crippen molar-refractivity contribution in [2.24, 2.45) is 0 Å². The molecule has 2 aromatic carbocycles. The van der Waals surface area contributed by atoms with E-state index in [4.69, 9.17) is 0 Å². The highest BCUT2D eigenvalue weighted by Gasteiger charge is 2.12. The Labute approximate surface area is 101 Å². The van der Waals surface area contributed by atoms with E-state index >= 15 is 0 Å². The SMILES string of the molecule is O=[PH2]C(c1ccc(O)cc1)c1ccc(O)cc1. The number of phenolic OH excluding ortho intramolecular Hbond substituents is 2. The molecule has 1 unspecified atom stereocenters. The quantitative estimate of drug-likeness (QED) is 0.821. The largest absolute Gasteiger partial charge is 0.508 e. The van der Waals surface area contributed by atoms with Crippen LogP contribution in [0.5, 0.6) is 11.5 Å². The normalized spacial score (nSPS) is 11.4. The summed E-state index contributed by atoms with van der Waals surface area (Å²) in [4.78, 5) is 0. The molecule has 0 aliphatic carbocycles. The molecule has 17 heavy (non-hydrogen) atoms. The molecule has 0 saturated heterocycles. The van der Waals surface area contributed by atoms with E-state index < -0.39 is 8.46 Å². The van der Waals surface area contributed by atoms with Crippen molar-refractivity contribution in [2.75, 3.05) is 0 Å². The van der Waals surface area contributed by atoms with Crippen LogP contribution in [0.15, 0.2) is 48.5 Å². The van der Waals surface area contributed by atoms with Crippen LogP contribution in [0.4, 0.5) is 0 Å². The lowest BCUT2D eigenvalue weighted by molar-refractivity contribution is 0.475. The van der Waals surface area contributed by atoms with E-state index in [9.17, 15) is 14.8 Å². The Balaban J connectivity index is 2.36. The van der Waals surface area contributed by atoms with Crippen molar-refractivity contribution in [1.82, 2.24) is 0 Å². The van der Waals surface area contributed by atoms with Crippen molar-refractivity contribution in [3.63, 3.8) is 0 Å². The second kappa shape index (κ2) is 5.07. The van der Waals surface area contributed by atoms with Gasteiger partial charge in [0.25, 0.3) is 0 Å². The van der Waals surface area contributed by atoms with Crippen molar-refractivity contribution in [3.05, 3.63) is 59.7 Å². The lowest BCUT2D eigenvalue weighted by Crippen LogP contribution is -1.92. The van der Waals surface area contributed by atoms with E-state index in [1.54, 1.807) is 48.5 Å². The van der Waals surface area contributed by atoms with Gasteiger partial charge in [-0.1, -0.05) is 24.3 Å². The van der Waals surface area contributed by atoms with Gasteiger partial charge in [-0.3, -0.25) is 0 Å². The average Bonchev–Trinajstić information content (AvgIpc) is 2.35. The minimum Gasteiger partial charge on any atom is -0.508 e. The summed E-state index contributed by atoms with van der Waals surface area (Å²) in [7, 11) is -1.01. The van der Waals surface area contributed by atoms with E-state index in [-0.39, 0.29) is 17.2 Å². The van der Waals surface area contributed by atoms with Crippen LogP contribution in [-0.2, 0) is 4.57 Å². The first-order valence-electron chi connectivity index (χ1n) is 5.24. The number of hydrogen-bond acceptors (Lipinski definition) is 3. The molecule has 0 fully saturated rings. The zero-order chi connectivity index (χ0) is 12.3. The Morgan fingerprint density at radius 2 is 1.12 bits per heavy atom. The molecular weight excluding hydrogens is 235 g/mol. The third kappa shape index (κ3) is 2.69. The van der Waals surface area contributed by atoms with E-state index in [0.717, 1.165) is 11.1 Å². The molecule has 0 bridgehead atoms. The molecule has 2 aromatic rings. The molecule has 3 nitrogen and oxygen atoms in total. The minimum absolute atomic E-state index is 0.170. The fourth-order valence-electron chi connectivity index (χ4n) is 1.71. The van der Waals surface area contributed by atoms with Crippen molar-refractivity contribution in [3.8, 4) is 11.5 Å². The predicted octanol–water partition coefficient (Wildman–Crippen LogP) is 2.94. The Bertz CT molecular complexity index is 460. The van der Waals surface area contributed by atoms with Crippen LogP contribution in [-0.4, -0.2) is 10.2 Å². The Morgan fingerprint density at radius 1 is 0.765 bits per heavy atom. The van der Waals surface area contributed by atoms with Crippen LogP contribution >= 0.6 is 8.46 Å². The van der Waals surface area contributed by atoms with E-state index in [0.29, 0.717) is 0 Å². The van der Waals surface area contributed by atoms with Gasteiger partial charge in [0.15, 0.2) is 0 Å². The molecular formula is C13H13O3P. The lowest BCUT2D eigenvalue weighted by atomic mass is 10.0. The van der Waals surface area contributed by atoms with Crippen molar-refractivity contribution in [1.29, 1.82) is 0 Å². The van der Waals surface area contributed by atoms with Gasteiger partial charge in [-0.2, -0.15) is 0 Å². The highest BCUT2D eigenvalue weighted by atomic mass is 31.1. The molecule has 0 saturated carbocycles. The smallest absolute Gasteiger partial charge is 0.115 e. The Kier molecular flexibility index (Phi) is 3.50. The summed E-state index contributed by atoms with van der Waals surface area (Å²) in [6.07, 6.45) is 0. The van der Waals surface area contributed by atoms with Gasteiger partial charge in [-0.25, -0.2) is 0 Å². The predicted molar refractivity (Wildman–Crippen MR) is 68.5 cm³/mol. The van der Waals surface area contributed by atoms with Crippen LogP contribution in [0.1, 0.15) is 16.8 Å². The van der Waals surface area contributed by atoms with Gasteiger partial charge >= 0.3 is 0 Å². The fourth-order valence-corrected chi connectivity index (χ4v) is 2.47. The molecule has 2 rings (SSSR count). The molecule has 88 valence electrons. The summed E-state index contributed by atoms with van der Waals surface area (Å²) in [5.74, 6) is 0.387. The Hall–Kier alpha value is -1.73. The van der Waals surface area contributed by atoms with Gasteiger partial charge in [0.2, 0.25) is 0 Å². The highest BCUT2D eigenvalue weighted by molar-refractivity contribution is 7.24. The van der Waals surface area contributed by atoms with Gasteiger partial charge in [0, 0.05) is 0 Å². The standard InChI is InChI=1S/C13H13O3P/c14-11-5-1-9(2-6-11)13(17-16)10-3-7-12(15)8-4-10/h1-8,13-15H,17H2. The number of hydrogen-bond donors (Lipinski definition) is 2. The van der Waals surface area contributed by atoms with Gasteiger partial charge in [-0.05, 0) is 35.4 Å². The summed E-state index contributed by atoms with van der Waals surface area (Å²) in [6.45, 7) is 0. The summed E-state index contributed by atoms with van der Waals surface area (Å²) < 4.78 is 11.4. The van der Waals surface area contributed by atoms with E-state index in [2.05, 4.69) is 0 Å². The molecule has 0 aliphatic rings. The zero-order valence-electron chi connectivity index (χ0n) is 9.08. The summed E-state index contributed by atoms with van der Waals surface area (Å²) >= 11 is 0. The second-order valence-electron chi connectivity index (χ2n) is 3.80. The molecule has 4 heteroatoms. The van der Waals surface area contributed by atoms with Gasteiger partial charge < -0.3 is 14.8 Å². The van der Waals surface area contributed by atoms with Crippen LogP contribution in [0.2, 0.25) is 0 Å². The molecule has 0 spiro atoms. The van der Waals surface area contributed by atoms with Gasteiger partial charge in [0.05, 0.1) is 14.1 Å². The fraction of sp³-hybridized carbons (Fsp3) is 0.0769. The molecule has 0 aliphatic heterocycles. The molecule has 1 atom stereocenters. The molecule has 2 N–H and O–H groups in total. The maximum atomic E-state index is 11.4. The van der Waals surface area contributed by atoms with Gasteiger partial charge in [-0.15, -0.1) is 0 Å². The topological polar surface area (TPSA) is 57.5 Å². The van der Waals surface area contributed by atoms with Crippen LogP contribution in [0, 0.1) is 0 Å². The summed E-state index contributed by atoms with van der Waals surface area (Å²) in [5, 5.41) is 18.4. The number of phenols is 2. The lowest BCUT2D eigenvalue weighted by Gasteiger charge is -2.11. The first-order chi connectivity index (χ1) is 8.20. The summed E-state index contributed by atoms with van der Waals surface area (Å²) in [5.41, 5.74) is 1.63. The number of benzene rings is 2. The zero-order valence-corrected chi connectivity index (χ0v) is 10.2. The van der Waals surface area contributed by atoms with Crippen molar-refractivity contribution < 1.29 is 14.8 Å². The minimum atomic E-state index is -1.01. The van der Waals surface area contributed by atoms with Crippen molar-refractivity contribution >= 4 is 8.46 Å². The number of aromatic hydroxyl groups is 2. The number of rotatable bonds is 3. The highest BCUT2D eigenvalue weighted by Crippen LogP contribution is 2.35. The third-order valence-corrected chi connectivity index (χ3v) is 3.68. The molecule has 0 aromatic heterocycles. The van der Waals surface area contributed by atoms with E-state index in [1.165, 1.54) is 0 Å². The van der Waals surface area contributed by atoms with E-state index in [1.807, 2.05) is 0 Å². The Morgan fingerprint density at radius 3 is 1.41 bits per heavy atom.